The molecule has 10 heteroatoms. The van der Waals surface area contributed by atoms with Crippen LogP contribution in [0.4, 0.5) is 11.8 Å². The Morgan fingerprint density at radius 2 is 1.88 bits per heavy atom. The van der Waals surface area contributed by atoms with Crippen molar-refractivity contribution in [3.63, 3.8) is 0 Å². The van der Waals surface area contributed by atoms with E-state index in [2.05, 4.69) is 15.7 Å². The largest absolute Gasteiger partial charge is 0.382 e. The van der Waals surface area contributed by atoms with E-state index in [1.807, 2.05) is 42.2 Å². The number of fused-ring (bicyclic) bond motifs is 2. The fourth-order valence-electron chi connectivity index (χ4n) is 4.28. The first-order valence-electron chi connectivity index (χ1n) is 11.0. The van der Waals surface area contributed by atoms with E-state index in [4.69, 9.17) is 24.5 Å². The van der Waals surface area contributed by atoms with E-state index in [0.29, 0.717) is 31.3 Å². The van der Waals surface area contributed by atoms with Crippen LogP contribution in [-0.4, -0.2) is 68.7 Å². The molecule has 1 saturated carbocycles. The van der Waals surface area contributed by atoms with E-state index in [0.717, 1.165) is 53.9 Å². The van der Waals surface area contributed by atoms with Crippen LogP contribution >= 0.6 is 0 Å². The minimum Gasteiger partial charge on any atom is -0.382 e. The SMILES string of the molecule is CNc1nc(NC2CCC(OCCOC)CC2)nn2ccc(-c3ccn4nccc4n3)c12. The second-order valence-electron chi connectivity index (χ2n) is 7.98. The predicted molar refractivity (Wildman–Crippen MR) is 122 cm³/mol. The van der Waals surface area contributed by atoms with Crippen molar-refractivity contribution in [1.82, 2.24) is 29.2 Å². The molecule has 4 aromatic heterocycles. The Hall–Kier alpha value is -3.24. The van der Waals surface area contributed by atoms with Gasteiger partial charge in [0, 0.05) is 44.2 Å². The van der Waals surface area contributed by atoms with Gasteiger partial charge in [-0.15, -0.1) is 5.10 Å². The molecule has 10 nitrogen and oxygen atoms in total. The number of hydrogen-bond acceptors (Lipinski definition) is 8. The van der Waals surface area contributed by atoms with Gasteiger partial charge in [-0.2, -0.15) is 10.1 Å². The molecule has 0 atom stereocenters. The van der Waals surface area contributed by atoms with Crippen LogP contribution in [0.2, 0.25) is 0 Å². The number of nitrogens with one attached hydrogen (secondary N) is 2. The molecule has 1 fully saturated rings. The molecule has 2 N–H and O–H groups in total. The number of nitrogens with zero attached hydrogens (tertiary/aromatic N) is 6. The lowest BCUT2D eigenvalue weighted by atomic mass is 9.93. The van der Waals surface area contributed by atoms with Gasteiger partial charge in [-0.05, 0) is 37.8 Å². The van der Waals surface area contributed by atoms with E-state index < -0.39 is 0 Å². The fourth-order valence-corrected chi connectivity index (χ4v) is 4.28. The third kappa shape index (κ3) is 4.11. The number of ether oxygens (including phenoxy) is 2. The van der Waals surface area contributed by atoms with Crippen molar-refractivity contribution in [2.75, 3.05) is 38.0 Å². The first-order chi connectivity index (χ1) is 15.7. The molecule has 4 aromatic rings. The molecular formula is C22H28N8O2. The number of aromatic nitrogens is 6. The quantitative estimate of drug-likeness (QED) is 0.407. The zero-order chi connectivity index (χ0) is 21.9. The molecule has 0 radical (unpaired) electrons. The van der Waals surface area contributed by atoms with Crippen molar-refractivity contribution < 1.29 is 9.47 Å². The molecule has 0 amide bonds. The molecular weight excluding hydrogens is 408 g/mol. The molecule has 0 aliphatic heterocycles. The molecule has 1 aliphatic rings. The Morgan fingerprint density at radius 3 is 2.69 bits per heavy atom. The predicted octanol–water partition coefficient (Wildman–Crippen LogP) is 2.87. The molecule has 1 aliphatic carbocycles. The summed E-state index contributed by atoms with van der Waals surface area (Å²) in [7, 11) is 3.57. The maximum Gasteiger partial charge on any atom is 0.243 e. The van der Waals surface area contributed by atoms with Crippen LogP contribution < -0.4 is 10.6 Å². The fraction of sp³-hybridized carbons (Fsp3) is 0.455. The van der Waals surface area contributed by atoms with Crippen LogP contribution in [0, 0.1) is 0 Å². The minimum atomic E-state index is 0.312. The highest BCUT2D eigenvalue weighted by molar-refractivity contribution is 5.87. The molecule has 4 heterocycles. The highest BCUT2D eigenvalue weighted by Gasteiger charge is 2.23. The second kappa shape index (κ2) is 9.09. The lowest BCUT2D eigenvalue weighted by Crippen LogP contribution is -2.31. The highest BCUT2D eigenvalue weighted by Crippen LogP contribution is 2.30. The number of hydrogen-bond donors (Lipinski definition) is 2. The monoisotopic (exact) mass is 436 g/mol. The average molecular weight is 437 g/mol. The summed E-state index contributed by atoms with van der Waals surface area (Å²) in [5.74, 6) is 1.38. The normalized spacial score (nSPS) is 18.9. The summed E-state index contributed by atoms with van der Waals surface area (Å²) in [6.07, 6.45) is 10.0. The van der Waals surface area contributed by atoms with E-state index in [1.54, 1.807) is 17.8 Å². The van der Waals surface area contributed by atoms with Gasteiger partial charge in [0.1, 0.15) is 5.52 Å². The van der Waals surface area contributed by atoms with Crippen molar-refractivity contribution in [3.05, 3.63) is 36.8 Å². The van der Waals surface area contributed by atoms with Gasteiger partial charge in [0.15, 0.2) is 11.5 Å². The van der Waals surface area contributed by atoms with E-state index in [1.165, 1.54) is 0 Å². The molecule has 0 bridgehead atoms. The molecule has 0 spiro atoms. The van der Waals surface area contributed by atoms with Crippen LogP contribution in [0.5, 0.6) is 0 Å². The molecule has 32 heavy (non-hydrogen) atoms. The zero-order valence-corrected chi connectivity index (χ0v) is 18.4. The smallest absolute Gasteiger partial charge is 0.243 e. The van der Waals surface area contributed by atoms with Gasteiger partial charge in [-0.25, -0.2) is 14.0 Å². The Balaban J connectivity index is 1.34. The van der Waals surface area contributed by atoms with E-state index in [-0.39, 0.29) is 0 Å². The van der Waals surface area contributed by atoms with Crippen LogP contribution in [0.1, 0.15) is 25.7 Å². The summed E-state index contributed by atoms with van der Waals surface area (Å²) in [5, 5.41) is 15.7. The first-order valence-corrected chi connectivity index (χ1v) is 11.0. The van der Waals surface area contributed by atoms with Crippen LogP contribution in [0.3, 0.4) is 0 Å². The summed E-state index contributed by atoms with van der Waals surface area (Å²) in [4.78, 5) is 9.48. The maximum absolute atomic E-state index is 5.87. The topological polar surface area (TPSA) is 103 Å². The maximum atomic E-state index is 5.87. The van der Waals surface area contributed by atoms with Crippen LogP contribution in [-0.2, 0) is 9.47 Å². The van der Waals surface area contributed by atoms with Gasteiger partial charge in [-0.3, -0.25) is 0 Å². The lowest BCUT2D eigenvalue weighted by Gasteiger charge is -2.29. The van der Waals surface area contributed by atoms with Gasteiger partial charge in [0.2, 0.25) is 5.95 Å². The number of anilines is 2. The Kier molecular flexibility index (Phi) is 5.87. The van der Waals surface area contributed by atoms with Gasteiger partial charge in [0.25, 0.3) is 0 Å². The Morgan fingerprint density at radius 1 is 1.03 bits per heavy atom. The lowest BCUT2D eigenvalue weighted by molar-refractivity contribution is -0.00158. The van der Waals surface area contributed by atoms with Gasteiger partial charge in [-0.1, -0.05) is 0 Å². The van der Waals surface area contributed by atoms with Crippen molar-refractivity contribution in [1.29, 1.82) is 0 Å². The van der Waals surface area contributed by atoms with E-state index >= 15 is 0 Å². The molecule has 0 aromatic carbocycles. The highest BCUT2D eigenvalue weighted by atomic mass is 16.5. The summed E-state index contributed by atoms with van der Waals surface area (Å²) < 4.78 is 14.5. The summed E-state index contributed by atoms with van der Waals surface area (Å²) >= 11 is 0. The van der Waals surface area contributed by atoms with Crippen LogP contribution in [0.25, 0.3) is 22.4 Å². The molecule has 168 valence electrons. The standard InChI is InChI=1S/C22H28N8O2/c1-23-21-20-17(18-9-12-29-19(26-18)7-10-24-29)8-11-30(20)28-22(27-21)25-15-3-5-16(6-4-15)32-14-13-31-2/h7-12,15-16H,3-6,13-14H2,1-2H3,(H2,23,25,27,28). The van der Waals surface area contributed by atoms with Crippen molar-refractivity contribution in [2.24, 2.45) is 0 Å². The van der Waals surface area contributed by atoms with Crippen molar-refractivity contribution >= 4 is 22.9 Å². The third-order valence-corrected chi connectivity index (χ3v) is 5.93. The minimum absolute atomic E-state index is 0.312. The Labute approximate surface area is 186 Å². The Bertz CT molecular complexity index is 1200. The molecule has 0 unspecified atom stereocenters. The second-order valence-corrected chi connectivity index (χ2v) is 7.98. The zero-order valence-electron chi connectivity index (χ0n) is 18.4. The van der Waals surface area contributed by atoms with Crippen LogP contribution in [0.15, 0.2) is 36.8 Å². The van der Waals surface area contributed by atoms with Crippen molar-refractivity contribution in [3.8, 4) is 11.3 Å². The number of rotatable bonds is 8. The average Bonchev–Trinajstić information content (AvgIpc) is 3.46. The molecule has 0 saturated heterocycles. The van der Waals surface area contributed by atoms with Gasteiger partial charge in [0.05, 0.1) is 31.2 Å². The summed E-state index contributed by atoms with van der Waals surface area (Å²) in [6.45, 7) is 1.30. The van der Waals surface area contributed by atoms with Gasteiger partial charge >= 0.3 is 0 Å². The molecule has 5 rings (SSSR count). The summed E-state index contributed by atoms with van der Waals surface area (Å²) in [6, 6.07) is 6.19. The summed E-state index contributed by atoms with van der Waals surface area (Å²) in [5.41, 5.74) is 3.52. The number of methoxy groups -OCH3 is 1. The van der Waals surface area contributed by atoms with Crippen molar-refractivity contribution in [2.45, 2.75) is 37.8 Å². The first kappa shape index (κ1) is 20.7. The third-order valence-electron chi connectivity index (χ3n) is 5.93. The van der Waals surface area contributed by atoms with E-state index in [9.17, 15) is 0 Å². The van der Waals surface area contributed by atoms with Gasteiger partial charge < -0.3 is 20.1 Å².